The summed E-state index contributed by atoms with van der Waals surface area (Å²) in [7, 11) is 3.61. The standard InChI is InChI=1S/C13H19NO2/c1-4-9-14(2)13(10-15)11-5-7-12(16-3)8-6-11/h4-8,13,15H,1,9-10H2,2-3H3. The van der Waals surface area contributed by atoms with E-state index in [-0.39, 0.29) is 12.6 Å². The molecular weight excluding hydrogens is 202 g/mol. The Morgan fingerprint density at radius 2 is 2.06 bits per heavy atom. The molecule has 1 atom stereocenters. The van der Waals surface area contributed by atoms with Gasteiger partial charge in [0.25, 0.3) is 0 Å². The van der Waals surface area contributed by atoms with Crippen molar-refractivity contribution in [2.45, 2.75) is 6.04 Å². The van der Waals surface area contributed by atoms with Gasteiger partial charge in [0, 0.05) is 6.54 Å². The van der Waals surface area contributed by atoms with Gasteiger partial charge in [-0.2, -0.15) is 0 Å². The van der Waals surface area contributed by atoms with E-state index in [1.54, 1.807) is 7.11 Å². The molecule has 1 aromatic rings. The van der Waals surface area contributed by atoms with Crippen LogP contribution in [-0.4, -0.2) is 37.3 Å². The van der Waals surface area contributed by atoms with E-state index in [0.717, 1.165) is 17.9 Å². The van der Waals surface area contributed by atoms with Crippen molar-refractivity contribution in [1.29, 1.82) is 0 Å². The third-order valence-electron chi connectivity index (χ3n) is 2.62. The molecule has 0 aliphatic carbocycles. The molecule has 1 aromatic carbocycles. The highest BCUT2D eigenvalue weighted by Gasteiger charge is 2.14. The van der Waals surface area contributed by atoms with Crippen LogP contribution in [0.25, 0.3) is 0 Å². The first kappa shape index (κ1) is 12.7. The van der Waals surface area contributed by atoms with Gasteiger partial charge >= 0.3 is 0 Å². The van der Waals surface area contributed by atoms with Crippen LogP contribution in [-0.2, 0) is 0 Å². The van der Waals surface area contributed by atoms with Gasteiger partial charge in [-0.15, -0.1) is 6.58 Å². The molecule has 0 aromatic heterocycles. The Morgan fingerprint density at radius 3 is 2.50 bits per heavy atom. The van der Waals surface area contributed by atoms with E-state index in [9.17, 15) is 5.11 Å². The zero-order valence-electron chi connectivity index (χ0n) is 9.89. The summed E-state index contributed by atoms with van der Waals surface area (Å²) in [5.74, 6) is 0.826. The smallest absolute Gasteiger partial charge is 0.118 e. The van der Waals surface area contributed by atoms with Crippen LogP contribution in [0.2, 0.25) is 0 Å². The van der Waals surface area contributed by atoms with E-state index in [1.165, 1.54) is 0 Å². The summed E-state index contributed by atoms with van der Waals surface area (Å²) in [5, 5.41) is 9.40. The van der Waals surface area contributed by atoms with E-state index >= 15 is 0 Å². The fourth-order valence-electron chi connectivity index (χ4n) is 1.66. The predicted octanol–water partition coefficient (Wildman–Crippen LogP) is 1.85. The van der Waals surface area contributed by atoms with Gasteiger partial charge in [-0.1, -0.05) is 18.2 Å². The molecule has 88 valence electrons. The van der Waals surface area contributed by atoms with E-state index < -0.39 is 0 Å². The molecule has 3 heteroatoms. The molecule has 0 saturated carbocycles. The van der Waals surface area contributed by atoms with E-state index in [1.807, 2.05) is 37.4 Å². The van der Waals surface area contributed by atoms with Crippen molar-refractivity contribution in [3.05, 3.63) is 42.5 Å². The van der Waals surface area contributed by atoms with E-state index in [0.29, 0.717) is 0 Å². The zero-order valence-corrected chi connectivity index (χ0v) is 9.89. The quantitative estimate of drug-likeness (QED) is 0.744. The van der Waals surface area contributed by atoms with Crippen molar-refractivity contribution < 1.29 is 9.84 Å². The molecule has 1 N–H and O–H groups in total. The molecule has 0 heterocycles. The average molecular weight is 221 g/mol. The van der Waals surface area contributed by atoms with Gasteiger partial charge in [0.05, 0.1) is 19.8 Å². The van der Waals surface area contributed by atoms with Gasteiger partial charge in [-0.3, -0.25) is 4.90 Å². The lowest BCUT2D eigenvalue weighted by Gasteiger charge is -2.25. The molecule has 1 unspecified atom stereocenters. The second kappa shape index (κ2) is 6.30. The highest BCUT2D eigenvalue weighted by atomic mass is 16.5. The summed E-state index contributed by atoms with van der Waals surface area (Å²) in [4.78, 5) is 2.05. The summed E-state index contributed by atoms with van der Waals surface area (Å²) in [6.45, 7) is 4.54. The van der Waals surface area contributed by atoms with Crippen LogP contribution in [0.5, 0.6) is 5.75 Å². The van der Waals surface area contributed by atoms with Crippen LogP contribution in [0.3, 0.4) is 0 Å². The summed E-state index contributed by atoms with van der Waals surface area (Å²) in [6.07, 6.45) is 1.83. The first-order chi connectivity index (χ1) is 7.72. The second-order valence-corrected chi connectivity index (χ2v) is 3.70. The molecule has 0 aliphatic heterocycles. The van der Waals surface area contributed by atoms with Crippen molar-refractivity contribution >= 4 is 0 Å². The van der Waals surface area contributed by atoms with Gasteiger partial charge < -0.3 is 9.84 Å². The van der Waals surface area contributed by atoms with Gasteiger partial charge in [0.1, 0.15) is 5.75 Å². The molecule has 0 bridgehead atoms. The number of rotatable bonds is 6. The minimum atomic E-state index is 0.00362. The van der Waals surface area contributed by atoms with Crippen molar-refractivity contribution in [3.8, 4) is 5.75 Å². The van der Waals surface area contributed by atoms with Crippen molar-refractivity contribution in [1.82, 2.24) is 4.90 Å². The predicted molar refractivity (Wildman–Crippen MR) is 65.6 cm³/mol. The van der Waals surface area contributed by atoms with Crippen LogP contribution >= 0.6 is 0 Å². The van der Waals surface area contributed by atoms with E-state index in [4.69, 9.17) is 4.74 Å². The van der Waals surface area contributed by atoms with Gasteiger partial charge in [-0.05, 0) is 24.7 Å². The minimum absolute atomic E-state index is 0.00362. The molecule has 1 rings (SSSR count). The number of hydrogen-bond donors (Lipinski definition) is 1. The first-order valence-electron chi connectivity index (χ1n) is 5.29. The third-order valence-corrected chi connectivity index (χ3v) is 2.62. The maximum Gasteiger partial charge on any atom is 0.118 e. The maximum atomic E-state index is 9.40. The summed E-state index contributed by atoms with van der Waals surface area (Å²) in [5.41, 5.74) is 1.08. The van der Waals surface area contributed by atoms with Crippen molar-refractivity contribution in [2.24, 2.45) is 0 Å². The Bertz CT molecular complexity index is 321. The molecule has 0 saturated heterocycles. The number of nitrogens with zero attached hydrogens (tertiary/aromatic N) is 1. The summed E-state index contributed by atoms with van der Waals surface area (Å²) < 4.78 is 5.10. The number of aliphatic hydroxyl groups excluding tert-OH is 1. The van der Waals surface area contributed by atoms with Crippen LogP contribution in [0.4, 0.5) is 0 Å². The molecular formula is C13H19NO2. The fraction of sp³-hybridized carbons (Fsp3) is 0.385. The van der Waals surface area contributed by atoms with Gasteiger partial charge in [-0.25, -0.2) is 0 Å². The third kappa shape index (κ3) is 3.08. The number of aliphatic hydroxyl groups is 1. The number of hydrogen-bond acceptors (Lipinski definition) is 3. The lowest BCUT2D eigenvalue weighted by molar-refractivity contribution is 0.159. The lowest BCUT2D eigenvalue weighted by atomic mass is 10.1. The number of methoxy groups -OCH3 is 1. The zero-order chi connectivity index (χ0) is 12.0. The van der Waals surface area contributed by atoms with Crippen LogP contribution in [0.1, 0.15) is 11.6 Å². The lowest BCUT2D eigenvalue weighted by Crippen LogP contribution is -2.27. The van der Waals surface area contributed by atoms with Crippen molar-refractivity contribution in [2.75, 3.05) is 27.3 Å². The summed E-state index contributed by atoms with van der Waals surface area (Å²) in [6, 6.07) is 7.75. The molecule has 0 aliphatic rings. The molecule has 0 spiro atoms. The highest BCUT2D eigenvalue weighted by molar-refractivity contribution is 5.29. The second-order valence-electron chi connectivity index (χ2n) is 3.70. The number of ether oxygens (including phenoxy) is 1. The van der Waals surface area contributed by atoms with E-state index in [2.05, 4.69) is 11.5 Å². The topological polar surface area (TPSA) is 32.7 Å². The maximum absolute atomic E-state index is 9.40. The Morgan fingerprint density at radius 1 is 1.44 bits per heavy atom. The molecule has 3 nitrogen and oxygen atoms in total. The molecule has 16 heavy (non-hydrogen) atoms. The normalized spacial score (nSPS) is 12.5. The first-order valence-corrected chi connectivity index (χ1v) is 5.29. The molecule has 0 fully saturated rings. The largest absolute Gasteiger partial charge is 0.497 e. The van der Waals surface area contributed by atoms with Gasteiger partial charge in [0.15, 0.2) is 0 Å². The highest BCUT2D eigenvalue weighted by Crippen LogP contribution is 2.21. The Labute approximate surface area is 97.0 Å². The number of benzene rings is 1. The van der Waals surface area contributed by atoms with Crippen LogP contribution in [0.15, 0.2) is 36.9 Å². The molecule has 0 radical (unpaired) electrons. The molecule has 0 amide bonds. The monoisotopic (exact) mass is 221 g/mol. The fourth-order valence-corrected chi connectivity index (χ4v) is 1.66. The van der Waals surface area contributed by atoms with Crippen LogP contribution < -0.4 is 4.74 Å². The van der Waals surface area contributed by atoms with Crippen molar-refractivity contribution in [3.63, 3.8) is 0 Å². The summed E-state index contributed by atoms with van der Waals surface area (Å²) >= 11 is 0. The SMILES string of the molecule is C=CCN(C)C(CO)c1ccc(OC)cc1. The van der Waals surface area contributed by atoms with Gasteiger partial charge in [0.2, 0.25) is 0 Å². The van der Waals surface area contributed by atoms with Crippen LogP contribution in [0, 0.1) is 0 Å². The number of likely N-dealkylation sites (N-methyl/N-ethyl adjacent to an activating group) is 1. The Kier molecular flexibility index (Phi) is 5.02. The Balaban J connectivity index is 2.81. The minimum Gasteiger partial charge on any atom is -0.497 e. The Hall–Kier alpha value is -1.32. The average Bonchev–Trinajstić information content (AvgIpc) is 2.31.